The molecule has 1 heterocycles. The molecule has 0 saturated carbocycles. The van der Waals surface area contributed by atoms with Crippen LogP contribution in [0.4, 0.5) is 0 Å². The number of hydrogen-bond acceptors (Lipinski definition) is 6. The van der Waals surface area contributed by atoms with Crippen LogP contribution in [0.1, 0.15) is 89.6 Å². The van der Waals surface area contributed by atoms with Crippen LogP contribution in [0.2, 0.25) is 0 Å². The molecule has 0 spiro atoms. The highest BCUT2D eigenvalue weighted by Crippen LogP contribution is 2.12. The van der Waals surface area contributed by atoms with Crippen molar-refractivity contribution in [2.24, 2.45) is 4.99 Å². The van der Waals surface area contributed by atoms with Gasteiger partial charge in [-0.05, 0) is 25.5 Å². The molecule has 0 aliphatic heterocycles. The van der Waals surface area contributed by atoms with E-state index in [9.17, 15) is 9.59 Å². The topological polar surface area (TPSA) is 78.1 Å². The van der Waals surface area contributed by atoms with E-state index in [1.54, 1.807) is 19.1 Å². The molecule has 0 bridgehead atoms. The summed E-state index contributed by atoms with van der Waals surface area (Å²) in [6.45, 7) is 3.98. The van der Waals surface area contributed by atoms with E-state index in [0.29, 0.717) is 17.9 Å². The van der Waals surface area contributed by atoms with E-state index >= 15 is 0 Å². The Labute approximate surface area is 168 Å². The third-order valence-corrected chi connectivity index (χ3v) is 4.51. The Hall–Kier alpha value is -2.11. The number of carbonyl (C=O) groups excluding carboxylic acids is 2. The average Bonchev–Trinajstić information content (AvgIpc) is 3.16. The molecule has 0 N–H and O–H groups in total. The SMILES string of the molecule is CCCCCCCCCCCC(=O)OCc1ccc(/C=N/C(C)C(=O)OC)o1. The van der Waals surface area contributed by atoms with Crippen molar-refractivity contribution in [1.29, 1.82) is 0 Å². The van der Waals surface area contributed by atoms with Crippen LogP contribution in [0.3, 0.4) is 0 Å². The zero-order valence-corrected chi connectivity index (χ0v) is 17.6. The highest BCUT2D eigenvalue weighted by atomic mass is 16.5. The van der Waals surface area contributed by atoms with E-state index in [-0.39, 0.29) is 12.6 Å². The molecular formula is C22H35NO5. The van der Waals surface area contributed by atoms with Gasteiger partial charge in [-0.25, -0.2) is 4.79 Å². The fraction of sp³-hybridized carbons (Fsp3) is 0.682. The number of unbranched alkanes of at least 4 members (excludes halogenated alkanes) is 8. The lowest BCUT2D eigenvalue weighted by atomic mass is 10.1. The number of methoxy groups -OCH3 is 1. The Morgan fingerprint density at radius 3 is 2.36 bits per heavy atom. The van der Waals surface area contributed by atoms with Crippen LogP contribution >= 0.6 is 0 Å². The summed E-state index contributed by atoms with van der Waals surface area (Å²) in [6.07, 6.45) is 12.9. The van der Waals surface area contributed by atoms with Crippen LogP contribution in [0.15, 0.2) is 21.5 Å². The van der Waals surface area contributed by atoms with Gasteiger partial charge in [0.25, 0.3) is 0 Å². The van der Waals surface area contributed by atoms with Crippen LogP contribution in [0, 0.1) is 0 Å². The normalized spacial score (nSPS) is 12.2. The number of esters is 2. The maximum Gasteiger partial charge on any atom is 0.330 e. The van der Waals surface area contributed by atoms with Gasteiger partial charge in [-0.15, -0.1) is 0 Å². The standard InChI is InChI=1S/C22H35NO5/c1-4-5-6-7-8-9-10-11-12-13-21(24)27-17-20-15-14-19(28-20)16-23-18(2)22(25)26-3/h14-16,18H,4-13,17H2,1-3H3/b23-16+. The largest absolute Gasteiger partial charge is 0.467 e. The number of aliphatic imine (C=N–C) groups is 1. The average molecular weight is 394 g/mol. The molecule has 0 radical (unpaired) electrons. The minimum atomic E-state index is -0.590. The van der Waals surface area contributed by atoms with E-state index < -0.39 is 12.0 Å². The van der Waals surface area contributed by atoms with Gasteiger partial charge in [0.15, 0.2) is 0 Å². The molecule has 0 aromatic carbocycles. The summed E-state index contributed by atoms with van der Waals surface area (Å²) >= 11 is 0. The van der Waals surface area contributed by atoms with Gasteiger partial charge >= 0.3 is 11.9 Å². The summed E-state index contributed by atoms with van der Waals surface area (Å²) in [5, 5.41) is 0. The van der Waals surface area contributed by atoms with Crippen molar-refractivity contribution in [2.45, 2.75) is 90.7 Å². The van der Waals surface area contributed by atoms with Crippen LogP contribution in [-0.4, -0.2) is 31.3 Å². The van der Waals surface area contributed by atoms with Crippen molar-refractivity contribution in [3.63, 3.8) is 0 Å². The van der Waals surface area contributed by atoms with Crippen molar-refractivity contribution in [3.05, 3.63) is 23.7 Å². The Balaban J connectivity index is 2.13. The first-order valence-corrected chi connectivity index (χ1v) is 10.4. The number of nitrogens with zero attached hydrogens (tertiary/aromatic N) is 1. The maximum absolute atomic E-state index is 11.8. The van der Waals surface area contributed by atoms with Crippen molar-refractivity contribution >= 4 is 18.2 Å². The lowest BCUT2D eigenvalue weighted by Gasteiger charge is -2.04. The predicted octanol–water partition coefficient (Wildman–Crippen LogP) is 5.22. The summed E-state index contributed by atoms with van der Waals surface area (Å²) in [6, 6.07) is 2.86. The first-order valence-electron chi connectivity index (χ1n) is 10.4. The van der Waals surface area contributed by atoms with E-state index in [4.69, 9.17) is 9.15 Å². The van der Waals surface area contributed by atoms with Crippen molar-refractivity contribution in [2.75, 3.05) is 7.11 Å². The minimum absolute atomic E-state index is 0.108. The molecule has 0 aliphatic carbocycles. The highest BCUT2D eigenvalue weighted by Gasteiger charge is 2.10. The molecule has 0 fully saturated rings. The van der Waals surface area contributed by atoms with E-state index in [1.807, 2.05) is 0 Å². The molecule has 0 aliphatic rings. The fourth-order valence-corrected chi connectivity index (χ4v) is 2.76. The quantitative estimate of drug-likeness (QED) is 0.232. The van der Waals surface area contributed by atoms with Gasteiger partial charge in [0, 0.05) is 6.42 Å². The predicted molar refractivity (Wildman–Crippen MR) is 109 cm³/mol. The van der Waals surface area contributed by atoms with Gasteiger partial charge in [0.2, 0.25) is 0 Å². The summed E-state index contributed by atoms with van der Waals surface area (Å²) in [5.41, 5.74) is 0. The number of rotatable bonds is 15. The van der Waals surface area contributed by atoms with Crippen LogP contribution < -0.4 is 0 Å². The van der Waals surface area contributed by atoms with Crippen molar-refractivity contribution in [3.8, 4) is 0 Å². The monoisotopic (exact) mass is 393 g/mol. The fourth-order valence-electron chi connectivity index (χ4n) is 2.76. The lowest BCUT2D eigenvalue weighted by molar-refractivity contribution is -0.145. The molecule has 6 heteroatoms. The van der Waals surface area contributed by atoms with E-state index in [2.05, 4.69) is 16.7 Å². The lowest BCUT2D eigenvalue weighted by Crippen LogP contribution is -2.16. The molecule has 1 rings (SSSR count). The molecule has 158 valence electrons. The second kappa shape index (κ2) is 14.9. The second-order valence-corrected chi connectivity index (χ2v) is 7.02. The smallest absolute Gasteiger partial charge is 0.330 e. The molecule has 1 aromatic rings. The molecule has 1 aromatic heterocycles. The first kappa shape index (κ1) is 23.9. The van der Waals surface area contributed by atoms with Crippen molar-refractivity contribution < 1.29 is 23.5 Å². The zero-order chi connectivity index (χ0) is 20.6. The van der Waals surface area contributed by atoms with Gasteiger partial charge in [0.1, 0.15) is 24.2 Å². The summed E-state index contributed by atoms with van der Waals surface area (Å²) in [5.74, 6) is 0.440. The van der Waals surface area contributed by atoms with Crippen LogP contribution in [0.25, 0.3) is 0 Å². The number of carbonyl (C=O) groups is 2. The Bertz CT molecular complexity index is 594. The van der Waals surface area contributed by atoms with Gasteiger partial charge in [0.05, 0.1) is 13.3 Å². The molecular weight excluding hydrogens is 358 g/mol. The number of ether oxygens (including phenoxy) is 2. The van der Waals surface area contributed by atoms with E-state index in [0.717, 1.165) is 12.8 Å². The third-order valence-electron chi connectivity index (χ3n) is 4.51. The van der Waals surface area contributed by atoms with Gasteiger partial charge in [-0.3, -0.25) is 9.79 Å². The Kier molecular flexibility index (Phi) is 12.7. The maximum atomic E-state index is 11.8. The summed E-state index contributed by atoms with van der Waals surface area (Å²) in [4.78, 5) is 27.2. The second-order valence-electron chi connectivity index (χ2n) is 7.02. The van der Waals surface area contributed by atoms with Gasteiger partial charge in [-0.2, -0.15) is 0 Å². The Morgan fingerprint density at radius 2 is 1.71 bits per heavy atom. The number of hydrogen-bond donors (Lipinski definition) is 0. The number of furan rings is 1. The van der Waals surface area contributed by atoms with Crippen molar-refractivity contribution in [1.82, 2.24) is 0 Å². The van der Waals surface area contributed by atoms with Crippen LogP contribution in [0.5, 0.6) is 0 Å². The molecule has 0 amide bonds. The van der Waals surface area contributed by atoms with Gasteiger partial charge in [-0.1, -0.05) is 58.3 Å². The van der Waals surface area contributed by atoms with Crippen LogP contribution in [-0.2, 0) is 25.7 Å². The molecule has 28 heavy (non-hydrogen) atoms. The molecule has 1 atom stereocenters. The highest BCUT2D eigenvalue weighted by molar-refractivity contribution is 5.81. The first-order chi connectivity index (χ1) is 13.6. The van der Waals surface area contributed by atoms with Gasteiger partial charge < -0.3 is 13.9 Å². The molecule has 0 saturated heterocycles. The summed E-state index contributed by atoms with van der Waals surface area (Å²) < 4.78 is 15.4. The zero-order valence-electron chi connectivity index (χ0n) is 17.6. The summed E-state index contributed by atoms with van der Waals surface area (Å²) in [7, 11) is 1.32. The molecule has 1 unspecified atom stereocenters. The molecule has 6 nitrogen and oxygen atoms in total. The van der Waals surface area contributed by atoms with E-state index in [1.165, 1.54) is 58.3 Å². The third kappa shape index (κ3) is 10.9. The minimum Gasteiger partial charge on any atom is -0.467 e. The Morgan fingerprint density at radius 1 is 1.07 bits per heavy atom.